The predicted molar refractivity (Wildman–Crippen MR) is 74.4 cm³/mol. The van der Waals surface area contributed by atoms with Crippen molar-refractivity contribution in [1.82, 2.24) is 0 Å². The Bertz CT molecular complexity index is 224. The van der Waals surface area contributed by atoms with Crippen LogP contribution in [0.25, 0.3) is 0 Å². The van der Waals surface area contributed by atoms with Gasteiger partial charge in [-0.05, 0) is 25.7 Å². The average Bonchev–Trinajstić information content (AvgIpc) is 2.36. The van der Waals surface area contributed by atoms with Crippen molar-refractivity contribution in [3.8, 4) is 0 Å². The number of allylic oxidation sites excluding steroid dienone is 1. The van der Waals surface area contributed by atoms with E-state index in [1.54, 1.807) is 0 Å². The van der Waals surface area contributed by atoms with Gasteiger partial charge < -0.3 is 9.84 Å². The van der Waals surface area contributed by atoms with E-state index in [1.165, 1.54) is 0 Å². The molecule has 0 spiro atoms. The van der Waals surface area contributed by atoms with Crippen molar-refractivity contribution in [3.05, 3.63) is 12.2 Å². The van der Waals surface area contributed by atoms with Gasteiger partial charge in [0, 0.05) is 6.42 Å². The molecule has 0 aliphatic rings. The number of carbonyl (C=O) groups excluding carboxylic acids is 1. The molecule has 0 saturated heterocycles. The molecular formula is C15H28O3. The molecule has 0 aromatic carbocycles. The summed E-state index contributed by atoms with van der Waals surface area (Å²) in [5.41, 5.74) is 0. The number of aliphatic hydroxyl groups excluding tert-OH is 1. The minimum atomic E-state index is -0.357. The van der Waals surface area contributed by atoms with Gasteiger partial charge in [-0.25, -0.2) is 0 Å². The summed E-state index contributed by atoms with van der Waals surface area (Å²) in [6.07, 6.45) is 10.5. The highest BCUT2D eigenvalue weighted by molar-refractivity contribution is 5.69. The summed E-state index contributed by atoms with van der Waals surface area (Å²) in [5, 5.41) is 9.65. The first kappa shape index (κ1) is 17.2. The lowest BCUT2D eigenvalue weighted by Crippen LogP contribution is -2.12. The van der Waals surface area contributed by atoms with Gasteiger partial charge in [0.25, 0.3) is 0 Å². The van der Waals surface area contributed by atoms with E-state index in [4.69, 9.17) is 4.74 Å². The SMILES string of the molecule is CCC=CCCOC(=O)CCC(O)CCCCC. The number of aliphatic hydroxyl groups is 1. The molecule has 0 bridgehead atoms. The Morgan fingerprint density at radius 2 is 2.00 bits per heavy atom. The molecule has 0 saturated carbocycles. The summed E-state index contributed by atoms with van der Waals surface area (Å²) in [6, 6.07) is 0. The minimum absolute atomic E-state index is 0.200. The second-order valence-corrected chi connectivity index (χ2v) is 4.58. The zero-order valence-electron chi connectivity index (χ0n) is 11.9. The van der Waals surface area contributed by atoms with Gasteiger partial charge in [0.15, 0.2) is 0 Å². The zero-order valence-corrected chi connectivity index (χ0v) is 11.9. The van der Waals surface area contributed by atoms with Crippen LogP contribution >= 0.6 is 0 Å². The number of rotatable bonds is 11. The van der Waals surface area contributed by atoms with Crippen LogP contribution in [0.4, 0.5) is 0 Å². The Morgan fingerprint density at radius 3 is 2.67 bits per heavy atom. The van der Waals surface area contributed by atoms with Crippen LogP contribution in [0.5, 0.6) is 0 Å². The summed E-state index contributed by atoms with van der Waals surface area (Å²) in [6.45, 7) is 4.65. The van der Waals surface area contributed by atoms with Crippen molar-refractivity contribution in [2.75, 3.05) is 6.61 Å². The largest absolute Gasteiger partial charge is 0.465 e. The summed E-state index contributed by atoms with van der Waals surface area (Å²) in [4.78, 5) is 11.4. The molecule has 0 rings (SSSR count). The van der Waals surface area contributed by atoms with Gasteiger partial charge in [0.1, 0.15) is 0 Å². The number of hydrogen-bond acceptors (Lipinski definition) is 3. The van der Waals surface area contributed by atoms with Crippen molar-refractivity contribution in [1.29, 1.82) is 0 Å². The van der Waals surface area contributed by atoms with E-state index in [0.717, 1.165) is 38.5 Å². The van der Waals surface area contributed by atoms with Crippen LogP contribution in [0.1, 0.15) is 65.2 Å². The van der Waals surface area contributed by atoms with Crippen LogP contribution in [-0.2, 0) is 9.53 Å². The van der Waals surface area contributed by atoms with Crippen LogP contribution in [0, 0.1) is 0 Å². The Hall–Kier alpha value is -0.830. The molecule has 0 heterocycles. The number of carbonyl (C=O) groups is 1. The Balaban J connectivity index is 3.43. The summed E-state index contributed by atoms with van der Waals surface area (Å²) in [5.74, 6) is -0.200. The topological polar surface area (TPSA) is 46.5 Å². The highest BCUT2D eigenvalue weighted by atomic mass is 16.5. The summed E-state index contributed by atoms with van der Waals surface area (Å²) < 4.78 is 5.06. The van der Waals surface area contributed by atoms with E-state index in [-0.39, 0.29) is 12.1 Å². The predicted octanol–water partition coefficient (Wildman–Crippen LogP) is 3.61. The van der Waals surface area contributed by atoms with Gasteiger partial charge in [-0.2, -0.15) is 0 Å². The normalized spacial score (nSPS) is 12.8. The van der Waals surface area contributed by atoms with Crippen molar-refractivity contribution >= 4 is 5.97 Å². The Kier molecular flexibility index (Phi) is 12.0. The molecule has 106 valence electrons. The third-order valence-corrected chi connectivity index (χ3v) is 2.77. The minimum Gasteiger partial charge on any atom is -0.465 e. The van der Waals surface area contributed by atoms with E-state index >= 15 is 0 Å². The van der Waals surface area contributed by atoms with Crippen LogP contribution in [-0.4, -0.2) is 23.8 Å². The third-order valence-electron chi connectivity index (χ3n) is 2.77. The molecular weight excluding hydrogens is 228 g/mol. The molecule has 0 aliphatic heterocycles. The van der Waals surface area contributed by atoms with Gasteiger partial charge in [-0.15, -0.1) is 0 Å². The van der Waals surface area contributed by atoms with E-state index < -0.39 is 0 Å². The standard InChI is InChI=1S/C15H28O3/c1-3-5-7-9-13-18-15(17)12-11-14(16)10-8-6-4-2/h5,7,14,16H,3-4,6,8-13H2,1-2H3. The zero-order chi connectivity index (χ0) is 13.6. The fourth-order valence-corrected chi connectivity index (χ4v) is 1.66. The second kappa shape index (κ2) is 12.6. The van der Waals surface area contributed by atoms with Gasteiger partial charge >= 0.3 is 5.97 Å². The Labute approximate surface area is 111 Å². The Morgan fingerprint density at radius 1 is 1.22 bits per heavy atom. The lowest BCUT2D eigenvalue weighted by Gasteiger charge is -2.09. The maximum atomic E-state index is 11.4. The molecule has 18 heavy (non-hydrogen) atoms. The van der Waals surface area contributed by atoms with Crippen molar-refractivity contribution in [2.45, 2.75) is 71.3 Å². The van der Waals surface area contributed by atoms with Crippen molar-refractivity contribution < 1.29 is 14.6 Å². The molecule has 0 fully saturated rings. The van der Waals surface area contributed by atoms with Gasteiger partial charge in [-0.3, -0.25) is 4.79 Å². The van der Waals surface area contributed by atoms with E-state index in [0.29, 0.717) is 19.4 Å². The first-order valence-corrected chi connectivity index (χ1v) is 7.19. The fourth-order valence-electron chi connectivity index (χ4n) is 1.66. The molecule has 0 radical (unpaired) electrons. The molecule has 0 amide bonds. The first-order chi connectivity index (χ1) is 8.70. The number of unbranched alkanes of at least 4 members (excludes halogenated alkanes) is 2. The lowest BCUT2D eigenvalue weighted by atomic mass is 10.1. The molecule has 1 N–H and O–H groups in total. The number of ether oxygens (including phenoxy) is 1. The highest BCUT2D eigenvalue weighted by Gasteiger charge is 2.08. The van der Waals surface area contributed by atoms with Gasteiger partial charge in [-0.1, -0.05) is 45.3 Å². The van der Waals surface area contributed by atoms with Gasteiger partial charge in [0.05, 0.1) is 12.7 Å². The van der Waals surface area contributed by atoms with Gasteiger partial charge in [0.2, 0.25) is 0 Å². The molecule has 0 aliphatic carbocycles. The third kappa shape index (κ3) is 11.6. The lowest BCUT2D eigenvalue weighted by molar-refractivity contribution is -0.144. The van der Waals surface area contributed by atoms with Crippen LogP contribution in [0.2, 0.25) is 0 Å². The van der Waals surface area contributed by atoms with E-state index in [1.807, 2.05) is 6.08 Å². The maximum absolute atomic E-state index is 11.4. The summed E-state index contributed by atoms with van der Waals surface area (Å²) >= 11 is 0. The first-order valence-electron chi connectivity index (χ1n) is 7.19. The quantitative estimate of drug-likeness (QED) is 0.349. The maximum Gasteiger partial charge on any atom is 0.305 e. The molecule has 0 aromatic heterocycles. The van der Waals surface area contributed by atoms with Crippen molar-refractivity contribution in [3.63, 3.8) is 0 Å². The number of hydrogen-bond donors (Lipinski definition) is 1. The molecule has 3 heteroatoms. The van der Waals surface area contributed by atoms with Crippen LogP contribution in [0.3, 0.4) is 0 Å². The van der Waals surface area contributed by atoms with Crippen LogP contribution in [0.15, 0.2) is 12.2 Å². The van der Waals surface area contributed by atoms with E-state index in [2.05, 4.69) is 19.9 Å². The second-order valence-electron chi connectivity index (χ2n) is 4.58. The van der Waals surface area contributed by atoms with E-state index in [9.17, 15) is 9.90 Å². The molecule has 0 aromatic rings. The highest BCUT2D eigenvalue weighted by Crippen LogP contribution is 2.08. The number of esters is 1. The molecule has 1 unspecified atom stereocenters. The summed E-state index contributed by atoms with van der Waals surface area (Å²) in [7, 11) is 0. The molecule has 3 nitrogen and oxygen atoms in total. The molecule has 1 atom stereocenters. The van der Waals surface area contributed by atoms with Crippen LogP contribution < -0.4 is 0 Å². The average molecular weight is 256 g/mol. The van der Waals surface area contributed by atoms with Crippen molar-refractivity contribution in [2.24, 2.45) is 0 Å². The smallest absolute Gasteiger partial charge is 0.305 e. The fraction of sp³-hybridized carbons (Fsp3) is 0.800. The monoisotopic (exact) mass is 256 g/mol.